The van der Waals surface area contributed by atoms with Crippen molar-refractivity contribution in [2.24, 2.45) is 11.8 Å². The maximum atomic E-state index is 13.8. The second-order valence-electron chi connectivity index (χ2n) is 20.3. The average molecular weight is 1010 g/mol. The number of halogens is 1. The van der Waals surface area contributed by atoms with Gasteiger partial charge in [0.05, 0.1) is 29.3 Å². The number of pyridine rings is 1. The van der Waals surface area contributed by atoms with E-state index in [4.69, 9.17) is 16.3 Å². The summed E-state index contributed by atoms with van der Waals surface area (Å²) >= 11 is 6.41. The zero-order chi connectivity index (χ0) is 51.4. The molecule has 73 heavy (non-hydrogen) atoms. The number of ether oxygens (including phenoxy) is 1. The number of hydrogen-bond acceptors (Lipinski definition) is 13. The molecule has 0 radical (unpaired) electrons. The number of nitrogens with one attached hydrogen (secondary N) is 5. The van der Waals surface area contributed by atoms with Gasteiger partial charge in [-0.05, 0) is 120 Å². The highest BCUT2D eigenvalue weighted by atomic mass is 35.5. The van der Waals surface area contributed by atoms with Gasteiger partial charge >= 0.3 is 12.1 Å². The van der Waals surface area contributed by atoms with Crippen LogP contribution in [0.2, 0.25) is 5.02 Å². The molecule has 5 N–H and O–H groups in total. The number of carbonyl (C=O) groups excluding carboxylic acids is 6. The lowest BCUT2D eigenvalue weighted by molar-refractivity contribution is -0.136. The third-order valence-electron chi connectivity index (χ3n) is 14.1. The maximum absolute atomic E-state index is 13.8. The number of carbonyl (C=O) groups is 6. The maximum Gasteiger partial charge on any atom is 0.410 e. The average Bonchev–Trinajstić information content (AvgIpc) is 3.69. The summed E-state index contributed by atoms with van der Waals surface area (Å²) in [6.07, 6.45) is 8.25. The fourth-order valence-corrected chi connectivity index (χ4v) is 10.3. The number of imide groups is 1. The Balaban J connectivity index is 0.716. The molecule has 2 saturated carbocycles. The summed E-state index contributed by atoms with van der Waals surface area (Å²) in [6, 6.07) is 15.6. The molecule has 20 heteroatoms. The SMILES string of the molecule is CNC(=O)c1ccccc1Nc1nc(Nc2ccc(N3CCN(C(=O)NCC4CCC(N(C(=O)OC(C)(C)C)C5CC(C#Cc6ccc7c(c6)CN(C6CCC(=O)NC6=O)C7=O)C5)CC4)CC3)nc2)ncc1Cl. The quantitative estimate of drug-likeness (QED) is 0.0791. The van der Waals surface area contributed by atoms with Crippen molar-refractivity contribution in [2.75, 3.05) is 55.3 Å². The zero-order valence-corrected chi connectivity index (χ0v) is 42.3. The molecule has 5 heterocycles. The van der Waals surface area contributed by atoms with E-state index in [9.17, 15) is 28.8 Å². The van der Waals surface area contributed by atoms with Gasteiger partial charge in [-0.2, -0.15) is 4.98 Å². The number of benzene rings is 2. The summed E-state index contributed by atoms with van der Waals surface area (Å²) < 4.78 is 5.94. The van der Waals surface area contributed by atoms with Gasteiger partial charge in [0, 0.05) is 81.9 Å². The van der Waals surface area contributed by atoms with E-state index in [-0.39, 0.29) is 59.3 Å². The summed E-state index contributed by atoms with van der Waals surface area (Å²) in [5, 5.41) is 14.8. The Morgan fingerprint density at radius 3 is 2.38 bits per heavy atom. The summed E-state index contributed by atoms with van der Waals surface area (Å²) in [5.41, 5.74) is 3.17. The highest BCUT2D eigenvalue weighted by Crippen LogP contribution is 2.38. The fourth-order valence-electron chi connectivity index (χ4n) is 10.1. The Hall–Kier alpha value is -7.46. The van der Waals surface area contributed by atoms with Gasteiger partial charge in [0.15, 0.2) is 5.82 Å². The van der Waals surface area contributed by atoms with Crippen LogP contribution in [-0.4, -0.2) is 129 Å². The van der Waals surface area contributed by atoms with Crippen molar-refractivity contribution in [3.8, 4) is 11.8 Å². The molecule has 0 spiro atoms. The minimum atomic E-state index is -0.669. The number of piperidine rings is 1. The molecule has 2 aromatic heterocycles. The number of aromatic nitrogens is 3. The van der Waals surface area contributed by atoms with Crippen molar-refractivity contribution < 1.29 is 33.5 Å². The van der Waals surface area contributed by atoms with Crippen molar-refractivity contribution in [1.29, 1.82) is 0 Å². The van der Waals surface area contributed by atoms with Gasteiger partial charge in [0.2, 0.25) is 17.8 Å². The van der Waals surface area contributed by atoms with E-state index in [1.807, 2.05) is 60.9 Å². The Morgan fingerprint density at radius 2 is 1.67 bits per heavy atom. The Bertz CT molecular complexity index is 2830. The van der Waals surface area contributed by atoms with Crippen LogP contribution in [0.3, 0.4) is 0 Å². The number of fused-ring (bicyclic) bond motifs is 1. The minimum absolute atomic E-state index is 0.00682. The van der Waals surface area contributed by atoms with E-state index in [0.29, 0.717) is 85.9 Å². The molecular formula is C53H61ClN12O7. The lowest BCUT2D eigenvalue weighted by Gasteiger charge is -2.47. The molecule has 2 saturated heterocycles. The molecule has 19 nitrogen and oxygen atoms in total. The van der Waals surface area contributed by atoms with Gasteiger partial charge in [-0.25, -0.2) is 19.6 Å². The topological polar surface area (TPSA) is 223 Å². The normalized spacial score (nSPS) is 21.7. The van der Waals surface area contributed by atoms with E-state index >= 15 is 0 Å². The predicted molar refractivity (Wildman–Crippen MR) is 275 cm³/mol. The van der Waals surface area contributed by atoms with Gasteiger partial charge < -0.3 is 45.6 Å². The molecule has 382 valence electrons. The molecule has 4 aromatic rings. The lowest BCUT2D eigenvalue weighted by atomic mass is 9.77. The smallest absolute Gasteiger partial charge is 0.410 e. The third kappa shape index (κ3) is 11.9. The first-order valence-corrected chi connectivity index (χ1v) is 25.4. The Labute approximate surface area is 429 Å². The van der Waals surface area contributed by atoms with E-state index in [1.54, 1.807) is 37.5 Å². The number of nitrogens with zero attached hydrogens (tertiary/aromatic N) is 7. The number of amides is 7. The first kappa shape index (κ1) is 50.5. The van der Waals surface area contributed by atoms with Crippen LogP contribution in [0.1, 0.15) is 104 Å². The van der Waals surface area contributed by atoms with Crippen LogP contribution in [0.5, 0.6) is 0 Å². The molecule has 0 bridgehead atoms. The van der Waals surface area contributed by atoms with Crippen molar-refractivity contribution in [3.63, 3.8) is 0 Å². The first-order valence-electron chi connectivity index (χ1n) is 25.0. The van der Waals surface area contributed by atoms with E-state index < -0.39 is 17.6 Å². The Morgan fingerprint density at radius 1 is 0.904 bits per heavy atom. The largest absolute Gasteiger partial charge is 0.444 e. The molecule has 3 aliphatic heterocycles. The van der Waals surface area contributed by atoms with Crippen molar-refractivity contribution >= 4 is 76.3 Å². The summed E-state index contributed by atoms with van der Waals surface area (Å²) in [6.45, 7) is 8.86. The number of para-hydroxylation sites is 1. The van der Waals surface area contributed by atoms with Crippen LogP contribution in [0.25, 0.3) is 0 Å². The van der Waals surface area contributed by atoms with E-state index in [1.165, 1.54) is 11.1 Å². The van der Waals surface area contributed by atoms with Gasteiger partial charge in [-0.3, -0.25) is 24.5 Å². The van der Waals surface area contributed by atoms with Gasteiger partial charge in [-0.1, -0.05) is 35.6 Å². The third-order valence-corrected chi connectivity index (χ3v) is 14.4. The van der Waals surface area contributed by atoms with Crippen LogP contribution >= 0.6 is 11.6 Å². The van der Waals surface area contributed by atoms with Crippen LogP contribution in [-0.2, 0) is 20.9 Å². The highest BCUT2D eigenvalue weighted by molar-refractivity contribution is 6.33. The standard InChI is InChI=1S/C53H61ClN12O7/c1-53(2,3)73-52(72)66(38-26-34(27-38)10-9-32-13-17-39-35(25-32)31-65(49(39)70)43-18-20-45(67)61-48(43)69)37-15-11-33(12-16-37)28-58-51(71)64-23-21-63(22-24-64)44-19-14-36(29-56-44)59-50-57-30-41(54)46(62-50)60-42-8-6-5-7-40(42)47(68)55-4/h5-8,13-14,17,19,25,29-30,33-34,37-38,43H,11-12,15-16,18,20-24,26-28,31H2,1-4H3,(H,55,68)(H,58,71)(H,61,67,69)(H2,57,59,60,62). The molecule has 2 aromatic carbocycles. The second kappa shape index (κ2) is 21.7. The molecular weight excluding hydrogens is 952 g/mol. The summed E-state index contributed by atoms with van der Waals surface area (Å²) in [4.78, 5) is 97.8. The zero-order valence-electron chi connectivity index (χ0n) is 41.5. The van der Waals surface area contributed by atoms with Crippen LogP contribution in [0, 0.1) is 23.7 Å². The number of urea groups is 1. The van der Waals surface area contributed by atoms with E-state index in [2.05, 4.69) is 58.3 Å². The number of hydrogen-bond donors (Lipinski definition) is 5. The fraction of sp³-hybridized carbons (Fsp3) is 0.453. The first-order chi connectivity index (χ1) is 35.1. The summed E-state index contributed by atoms with van der Waals surface area (Å²) in [5.74, 6) is 7.28. The van der Waals surface area contributed by atoms with Gasteiger partial charge in [0.1, 0.15) is 22.5 Å². The predicted octanol–water partition coefficient (Wildman–Crippen LogP) is 6.59. The van der Waals surface area contributed by atoms with Gasteiger partial charge in [-0.15, -0.1) is 0 Å². The molecule has 4 fully saturated rings. The molecule has 2 aliphatic carbocycles. The summed E-state index contributed by atoms with van der Waals surface area (Å²) in [7, 11) is 1.57. The lowest BCUT2D eigenvalue weighted by Crippen LogP contribution is -2.55. The molecule has 1 unspecified atom stereocenters. The van der Waals surface area contributed by atoms with Crippen molar-refractivity contribution in [1.82, 2.24) is 45.6 Å². The molecule has 7 amide bonds. The van der Waals surface area contributed by atoms with Crippen LogP contribution < -0.4 is 31.5 Å². The Kier molecular flexibility index (Phi) is 15.0. The van der Waals surface area contributed by atoms with Crippen LogP contribution in [0.15, 0.2) is 67.0 Å². The second-order valence-corrected chi connectivity index (χ2v) is 20.7. The van der Waals surface area contributed by atoms with Crippen LogP contribution in [0.4, 0.5) is 38.5 Å². The number of anilines is 5. The van der Waals surface area contributed by atoms with E-state index in [0.717, 1.165) is 55.5 Å². The van der Waals surface area contributed by atoms with Gasteiger partial charge in [0.25, 0.3) is 11.8 Å². The molecule has 5 aliphatic rings. The molecule has 1 atom stereocenters. The highest BCUT2D eigenvalue weighted by Gasteiger charge is 2.43. The minimum Gasteiger partial charge on any atom is -0.444 e. The van der Waals surface area contributed by atoms with Crippen molar-refractivity contribution in [3.05, 3.63) is 94.3 Å². The van der Waals surface area contributed by atoms with Crippen molar-refractivity contribution in [2.45, 2.75) is 102 Å². The number of rotatable bonds is 11. The molecule has 9 rings (SSSR count). The number of piperazine rings is 1. The monoisotopic (exact) mass is 1010 g/mol.